The Bertz CT molecular complexity index is 1220. The number of rotatable bonds is 5. The lowest BCUT2D eigenvalue weighted by molar-refractivity contribution is 1.09. The Morgan fingerprint density at radius 3 is 2.69 bits per heavy atom. The molecular weight excluding hydrogens is 409 g/mol. The first kappa shape index (κ1) is 18.7. The fourth-order valence-corrected chi connectivity index (χ4v) is 3.01. The van der Waals surface area contributed by atoms with Crippen molar-refractivity contribution in [2.45, 2.75) is 0 Å². The molecule has 142 valence electrons. The zero-order valence-corrected chi connectivity index (χ0v) is 16.3. The van der Waals surface area contributed by atoms with Crippen LogP contribution in [0.2, 0.25) is 10.2 Å². The molecule has 7 nitrogen and oxygen atoms in total. The van der Waals surface area contributed by atoms with Crippen LogP contribution in [0.3, 0.4) is 0 Å². The molecule has 4 rings (SSSR count). The summed E-state index contributed by atoms with van der Waals surface area (Å²) < 4.78 is 0. The molecule has 0 atom stereocenters. The van der Waals surface area contributed by atoms with Gasteiger partial charge in [0.1, 0.15) is 28.3 Å². The zero-order valence-electron chi connectivity index (χ0n) is 14.8. The molecule has 2 aromatic heterocycles. The summed E-state index contributed by atoms with van der Waals surface area (Å²) in [6.07, 6.45) is 1.47. The Balaban J connectivity index is 1.59. The van der Waals surface area contributed by atoms with Crippen LogP contribution >= 0.6 is 23.2 Å². The first-order valence-electron chi connectivity index (χ1n) is 8.50. The van der Waals surface area contributed by atoms with Gasteiger partial charge in [0.05, 0.1) is 6.21 Å². The Morgan fingerprint density at radius 2 is 1.93 bits per heavy atom. The molecule has 0 aliphatic rings. The van der Waals surface area contributed by atoms with Crippen LogP contribution in [0.4, 0.5) is 17.3 Å². The number of hydrogen-bond donors (Lipinski definition) is 3. The van der Waals surface area contributed by atoms with Gasteiger partial charge in [-0.1, -0.05) is 59.6 Å². The van der Waals surface area contributed by atoms with E-state index in [0.717, 1.165) is 5.56 Å². The summed E-state index contributed by atoms with van der Waals surface area (Å²) in [5, 5.41) is 20.4. The molecule has 3 N–H and O–H groups in total. The topological polar surface area (TPSA) is 106 Å². The highest BCUT2D eigenvalue weighted by Crippen LogP contribution is 2.27. The summed E-state index contributed by atoms with van der Waals surface area (Å²) in [6, 6.07) is 18.8. The standard InChI is InChI=1S/C20H13Cl2N7/c21-13-7-4-8-14(9-13)25-20-15(10-23)19(28-29-20)24-11-16-17(22)27-18(26-16)12-5-2-1-3-6-12/h1-9,11H,(H,26,27)(H2,25,28,29)/b24-11+. The van der Waals surface area contributed by atoms with E-state index in [2.05, 4.69) is 36.5 Å². The Labute approximate surface area is 176 Å². The van der Waals surface area contributed by atoms with Crippen LogP contribution in [-0.4, -0.2) is 26.4 Å². The second kappa shape index (κ2) is 8.19. The minimum atomic E-state index is 0.260. The molecule has 0 radical (unpaired) electrons. The first-order chi connectivity index (χ1) is 14.1. The molecular formula is C20H13Cl2N7. The van der Waals surface area contributed by atoms with Crippen molar-refractivity contribution in [3.05, 3.63) is 76.0 Å². The molecule has 0 aliphatic carbocycles. The van der Waals surface area contributed by atoms with Crippen molar-refractivity contribution in [2.24, 2.45) is 4.99 Å². The molecule has 0 fully saturated rings. The van der Waals surface area contributed by atoms with Gasteiger partial charge in [-0.05, 0) is 18.2 Å². The first-order valence-corrected chi connectivity index (χ1v) is 9.25. The van der Waals surface area contributed by atoms with Crippen molar-refractivity contribution in [3.63, 3.8) is 0 Å². The van der Waals surface area contributed by atoms with Crippen LogP contribution in [0.15, 0.2) is 59.6 Å². The summed E-state index contributed by atoms with van der Waals surface area (Å²) in [7, 11) is 0. The number of hydrogen-bond acceptors (Lipinski definition) is 5. The van der Waals surface area contributed by atoms with Gasteiger partial charge in [0.15, 0.2) is 11.6 Å². The van der Waals surface area contributed by atoms with E-state index in [1.165, 1.54) is 6.21 Å². The quantitative estimate of drug-likeness (QED) is 0.371. The van der Waals surface area contributed by atoms with Crippen LogP contribution in [-0.2, 0) is 0 Å². The van der Waals surface area contributed by atoms with Gasteiger partial charge in [-0.2, -0.15) is 10.4 Å². The maximum absolute atomic E-state index is 9.53. The smallest absolute Gasteiger partial charge is 0.172 e. The van der Waals surface area contributed by atoms with Crippen molar-refractivity contribution in [1.29, 1.82) is 5.26 Å². The lowest BCUT2D eigenvalue weighted by Gasteiger charge is -2.03. The maximum atomic E-state index is 9.53. The van der Waals surface area contributed by atoms with E-state index in [4.69, 9.17) is 23.2 Å². The molecule has 0 aliphatic heterocycles. The predicted octanol–water partition coefficient (Wildman–Crippen LogP) is 5.47. The summed E-state index contributed by atoms with van der Waals surface area (Å²) in [5.41, 5.74) is 2.32. The molecule has 0 spiro atoms. The number of aromatic amines is 2. The molecule has 29 heavy (non-hydrogen) atoms. The highest BCUT2D eigenvalue weighted by Gasteiger charge is 2.14. The van der Waals surface area contributed by atoms with Gasteiger partial charge >= 0.3 is 0 Å². The van der Waals surface area contributed by atoms with E-state index >= 15 is 0 Å². The van der Waals surface area contributed by atoms with E-state index in [1.807, 2.05) is 36.4 Å². The zero-order chi connectivity index (χ0) is 20.2. The number of anilines is 2. The number of H-pyrrole nitrogens is 2. The monoisotopic (exact) mass is 421 g/mol. The van der Waals surface area contributed by atoms with E-state index in [1.54, 1.807) is 18.2 Å². The number of aliphatic imine (C=N–C) groups is 1. The van der Waals surface area contributed by atoms with Gasteiger partial charge in [-0.15, -0.1) is 0 Å². The number of imidazole rings is 1. The van der Waals surface area contributed by atoms with Gasteiger partial charge in [0.25, 0.3) is 0 Å². The van der Waals surface area contributed by atoms with Crippen molar-refractivity contribution < 1.29 is 0 Å². The molecule has 4 aromatic rings. The summed E-state index contributed by atoms with van der Waals surface area (Å²) >= 11 is 12.2. The van der Waals surface area contributed by atoms with Crippen LogP contribution in [0.1, 0.15) is 11.3 Å². The minimum absolute atomic E-state index is 0.260. The number of nitrogens with zero attached hydrogens (tertiary/aromatic N) is 4. The Morgan fingerprint density at radius 1 is 1.10 bits per heavy atom. The van der Waals surface area contributed by atoms with Gasteiger partial charge in [0.2, 0.25) is 0 Å². The number of nitriles is 1. The summed E-state index contributed by atoms with van der Waals surface area (Å²) in [5.74, 6) is 1.27. The molecule has 2 aromatic carbocycles. The molecule has 9 heteroatoms. The molecule has 0 saturated heterocycles. The largest absolute Gasteiger partial charge is 0.338 e. The fraction of sp³-hybridized carbons (Fsp3) is 0. The maximum Gasteiger partial charge on any atom is 0.172 e. The summed E-state index contributed by atoms with van der Waals surface area (Å²) in [6.45, 7) is 0. The lowest BCUT2D eigenvalue weighted by atomic mass is 10.2. The Kier molecular flexibility index (Phi) is 5.29. The van der Waals surface area contributed by atoms with Gasteiger partial charge in [0, 0.05) is 16.3 Å². The highest BCUT2D eigenvalue weighted by molar-refractivity contribution is 6.32. The summed E-state index contributed by atoms with van der Waals surface area (Å²) in [4.78, 5) is 11.8. The normalized spacial score (nSPS) is 10.9. The highest BCUT2D eigenvalue weighted by atomic mass is 35.5. The fourth-order valence-electron chi connectivity index (χ4n) is 2.63. The number of halogens is 2. The van der Waals surface area contributed by atoms with E-state index in [-0.39, 0.29) is 11.4 Å². The third kappa shape index (κ3) is 4.14. The van der Waals surface area contributed by atoms with Crippen LogP contribution in [0, 0.1) is 11.3 Å². The number of benzene rings is 2. The average Bonchev–Trinajstić information content (AvgIpc) is 3.29. The second-order valence-electron chi connectivity index (χ2n) is 5.95. The third-order valence-corrected chi connectivity index (χ3v) is 4.52. The number of aromatic nitrogens is 4. The molecule has 0 saturated carbocycles. The van der Waals surface area contributed by atoms with E-state index in [0.29, 0.717) is 33.2 Å². The van der Waals surface area contributed by atoms with Gasteiger partial charge in [-0.25, -0.2) is 9.98 Å². The van der Waals surface area contributed by atoms with Gasteiger partial charge < -0.3 is 10.3 Å². The molecule has 2 heterocycles. The average molecular weight is 422 g/mol. The molecule has 0 amide bonds. The minimum Gasteiger partial charge on any atom is -0.338 e. The van der Waals surface area contributed by atoms with E-state index in [9.17, 15) is 5.26 Å². The van der Waals surface area contributed by atoms with Crippen molar-refractivity contribution in [1.82, 2.24) is 20.2 Å². The van der Waals surface area contributed by atoms with Crippen LogP contribution in [0.5, 0.6) is 0 Å². The van der Waals surface area contributed by atoms with E-state index < -0.39 is 0 Å². The van der Waals surface area contributed by atoms with Crippen molar-refractivity contribution >= 4 is 46.7 Å². The number of nitrogens with one attached hydrogen (secondary N) is 3. The third-order valence-electron chi connectivity index (χ3n) is 3.99. The molecule has 0 bridgehead atoms. The predicted molar refractivity (Wildman–Crippen MR) is 114 cm³/mol. The Hall–Kier alpha value is -3.60. The second-order valence-corrected chi connectivity index (χ2v) is 6.77. The SMILES string of the molecule is N#Cc1c(Nc2cccc(Cl)c2)n[nH]c1/N=C/c1nc(-c2ccccc2)[nH]c1Cl. The van der Waals surface area contributed by atoms with Gasteiger partial charge in [-0.3, -0.25) is 5.10 Å². The molecule has 0 unspecified atom stereocenters. The van der Waals surface area contributed by atoms with Crippen LogP contribution in [0.25, 0.3) is 11.4 Å². The lowest BCUT2D eigenvalue weighted by Crippen LogP contribution is -1.92. The van der Waals surface area contributed by atoms with Crippen molar-refractivity contribution in [3.8, 4) is 17.5 Å². The van der Waals surface area contributed by atoms with Crippen molar-refractivity contribution in [2.75, 3.05) is 5.32 Å². The van der Waals surface area contributed by atoms with Crippen LogP contribution < -0.4 is 5.32 Å².